The molecule has 1 heterocycles. The van der Waals surface area contributed by atoms with Crippen LogP contribution in [0.3, 0.4) is 0 Å². The van der Waals surface area contributed by atoms with Gasteiger partial charge in [0.15, 0.2) is 9.84 Å². The van der Waals surface area contributed by atoms with Gasteiger partial charge in [0.2, 0.25) is 0 Å². The lowest BCUT2D eigenvalue weighted by Gasteiger charge is -1.97. The summed E-state index contributed by atoms with van der Waals surface area (Å²) in [6.45, 7) is 1.66. The number of hydrogen-bond donors (Lipinski definition) is 1. The number of aromatic amines is 1. The molecule has 0 saturated heterocycles. The molecule has 1 N–H and O–H groups in total. The third-order valence-electron chi connectivity index (χ3n) is 2.48. The molecule has 2 rings (SSSR count). The van der Waals surface area contributed by atoms with Gasteiger partial charge in [-0.15, -0.1) is 0 Å². The van der Waals surface area contributed by atoms with Gasteiger partial charge in [0.05, 0.1) is 5.75 Å². The van der Waals surface area contributed by atoms with E-state index in [0.717, 1.165) is 21.1 Å². The van der Waals surface area contributed by atoms with Crippen LogP contribution in [-0.2, 0) is 15.6 Å². The SMILES string of the molecule is CCS(=O)(=O)Cc1cc2c(Br)cccc2[nH]1. The van der Waals surface area contributed by atoms with E-state index in [4.69, 9.17) is 0 Å². The molecule has 3 nitrogen and oxygen atoms in total. The summed E-state index contributed by atoms with van der Waals surface area (Å²) in [6, 6.07) is 7.67. The number of halogens is 1. The Labute approximate surface area is 103 Å². The Hall–Kier alpha value is -0.810. The minimum absolute atomic E-state index is 0.0740. The van der Waals surface area contributed by atoms with Gasteiger partial charge < -0.3 is 4.98 Å². The Morgan fingerprint density at radius 2 is 2.12 bits per heavy atom. The lowest BCUT2D eigenvalue weighted by Crippen LogP contribution is -2.06. The zero-order valence-electron chi connectivity index (χ0n) is 8.83. The summed E-state index contributed by atoms with van der Waals surface area (Å²) in [5.74, 6) is 0.244. The van der Waals surface area contributed by atoms with Gasteiger partial charge in [-0.2, -0.15) is 0 Å². The molecule has 16 heavy (non-hydrogen) atoms. The van der Waals surface area contributed by atoms with Gasteiger partial charge in [-0.3, -0.25) is 0 Å². The maximum absolute atomic E-state index is 11.5. The summed E-state index contributed by atoms with van der Waals surface area (Å²) in [6.07, 6.45) is 0. The van der Waals surface area contributed by atoms with Crippen molar-refractivity contribution in [1.29, 1.82) is 0 Å². The summed E-state index contributed by atoms with van der Waals surface area (Å²) < 4.78 is 24.0. The molecular formula is C11H12BrNO2S. The van der Waals surface area contributed by atoms with Gasteiger partial charge in [0.25, 0.3) is 0 Å². The zero-order valence-corrected chi connectivity index (χ0v) is 11.2. The highest BCUT2D eigenvalue weighted by Crippen LogP contribution is 2.25. The third-order valence-corrected chi connectivity index (χ3v) is 4.80. The number of fused-ring (bicyclic) bond motifs is 1. The molecule has 0 aliphatic heterocycles. The van der Waals surface area contributed by atoms with Crippen LogP contribution in [0.15, 0.2) is 28.7 Å². The van der Waals surface area contributed by atoms with E-state index < -0.39 is 9.84 Å². The van der Waals surface area contributed by atoms with Crippen molar-refractivity contribution in [3.8, 4) is 0 Å². The van der Waals surface area contributed by atoms with Crippen LogP contribution in [0.2, 0.25) is 0 Å². The van der Waals surface area contributed by atoms with Crippen molar-refractivity contribution in [2.24, 2.45) is 0 Å². The van der Waals surface area contributed by atoms with E-state index in [9.17, 15) is 8.42 Å². The van der Waals surface area contributed by atoms with E-state index in [2.05, 4.69) is 20.9 Å². The van der Waals surface area contributed by atoms with E-state index in [-0.39, 0.29) is 11.5 Å². The molecule has 5 heteroatoms. The number of sulfone groups is 1. The van der Waals surface area contributed by atoms with Crippen LogP contribution < -0.4 is 0 Å². The minimum Gasteiger partial charge on any atom is -0.358 e. The third kappa shape index (κ3) is 2.30. The fourth-order valence-corrected chi connectivity index (χ4v) is 2.91. The molecule has 0 bridgehead atoms. The van der Waals surface area contributed by atoms with Crippen LogP contribution in [0.5, 0.6) is 0 Å². The van der Waals surface area contributed by atoms with Gasteiger partial charge in [0.1, 0.15) is 0 Å². The van der Waals surface area contributed by atoms with Crippen LogP contribution in [0.1, 0.15) is 12.6 Å². The van der Waals surface area contributed by atoms with Crippen molar-refractivity contribution in [3.63, 3.8) is 0 Å². The first kappa shape index (κ1) is 11.7. The van der Waals surface area contributed by atoms with Crippen molar-refractivity contribution in [2.75, 3.05) is 5.75 Å². The molecule has 1 aromatic carbocycles. The van der Waals surface area contributed by atoms with E-state index >= 15 is 0 Å². The predicted molar refractivity (Wildman–Crippen MR) is 69.2 cm³/mol. The number of H-pyrrole nitrogens is 1. The maximum atomic E-state index is 11.5. The van der Waals surface area contributed by atoms with Gasteiger partial charge in [-0.05, 0) is 18.2 Å². The normalized spacial score (nSPS) is 12.1. The highest BCUT2D eigenvalue weighted by atomic mass is 79.9. The average molecular weight is 302 g/mol. The van der Waals surface area contributed by atoms with E-state index in [1.807, 2.05) is 24.3 Å². The molecule has 2 aromatic rings. The molecule has 0 aliphatic rings. The van der Waals surface area contributed by atoms with Gasteiger partial charge in [0, 0.05) is 26.8 Å². The highest BCUT2D eigenvalue weighted by molar-refractivity contribution is 9.10. The number of benzene rings is 1. The minimum atomic E-state index is -2.98. The first-order chi connectivity index (χ1) is 7.52. The topological polar surface area (TPSA) is 49.9 Å². The number of rotatable bonds is 3. The van der Waals surface area contributed by atoms with Crippen LogP contribution in [-0.4, -0.2) is 19.2 Å². The summed E-state index contributed by atoms with van der Waals surface area (Å²) in [5, 5.41) is 1.02. The molecule has 0 fully saturated rings. The Bertz CT molecular complexity index is 616. The van der Waals surface area contributed by atoms with Gasteiger partial charge >= 0.3 is 0 Å². The quantitative estimate of drug-likeness (QED) is 0.948. The van der Waals surface area contributed by atoms with Crippen LogP contribution in [0, 0.1) is 0 Å². The smallest absolute Gasteiger partial charge is 0.155 e. The molecule has 0 aliphatic carbocycles. The van der Waals surface area contributed by atoms with Crippen molar-refractivity contribution < 1.29 is 8.42 Å². The summed E-state index contributed by atoms with van der Waals surface area (Å²) in [7, 11) is -2.98. The Balaban J connectivity index is 2.45. The second-order valence-corrected chi connectivity index (χ2v) is 6.88. The highest BCUT2D eigenvalue weighted by Gasteiger charge is 2.11. The number of hydrogen-bond acceptors (Lipinski definition) is 2. The fourth-order valence-electron chi connectivity index (χ4n) is 1.59. The van der Waals surface area contributed by atoms with E-state index in [1.54, 1.807) is 6.92 Å². The molecule has 86 valence electrons. The second kappa shape index (κ2) is 4.22. The molecule has 0 atom stereocenters. The Kier molecular flexibility index (Phi) is 3.08. The molecule has 0 saturated carbocycles. The monoisotopic (exact) mass is 301 g/mol. The van der Waals surface area contributed by atoms with Crippen molar-refractivity contribution in [2.45, 2.75) is 12.7 Å². The molecular weight excluding hydrogens is 290 g/mol. The molecule has 0 unspecified atom stereocenters. The Morgan fingerprint density at radius 3 is 2.75 bits per heavy atom. The van der Waals surface area contributed by atoms with Crippen molar-refractivity contribution in [3.05, 3.63) is 34.4 Å². The first-order valence-corrected chi connectivity index (χ1v) is 7.60. The van der Waals surface area contributed by atoms with Crippen LogP contribution >= 0.6 is 15.9 Å². The van der Waals surface area contributed by atoms with Crippen LogP contribution in [0.4, 0.5) is 0 Å². The Morgan fingerprint density at radius 1 is 1.38 bits per heavy atom. The van der Waals surface area contributed by atoms with E-state index in [1.165, 1.54) is 0 Å². The molecule has 0 spiro atoms. The number of nitrogens with one attached hydrogen (secondary N) is 1. The zero-order chi connectivity index (χ0) is 11.8. The van der Waals surface area contributed by atoms with Crippen LogP contribution in [0.25, 0.3) is 10.9 Å². The standard InChI is InChI=1S/C11H12BrNO2S/c1-2-16(14,15)7-8-6-9-10(12)4-3-5-11(9)13-8/h3-6,13H,2,7H2,1H3. The van der Waals surface area contributed by atoms with E-state index in [0.29, 0.717) is 0 Å². The predicted octanol–water partition coefficient (Wildman–Crippen LogP) is 2.87. The largest absolute Gasteiger partial charge is 0.358 e. The molecule has 1 aromatic heterocycles. The lowest BCUT2D eigenvalue weighted by atomic mass is 10.2. The summed E-state index contributed by atoms with van der Waals surface area (Å²) in [5.41, 5.74) is 1.69. The van der Waals surface area contributed by atoms with Gasteiger partial charge in [-0.25, -0.2) is 8.42 Å². The maximum Gasteiger partial charge on any atom is 0.155 e. The molecule has 0 radical (unpaired) electrons. The summed E-state index contributed by atoms with van der Waals surface area (Å²) >= 11 is 3.44. The van der Waals surface area contributed by atoms with Crippen molar-refractivity contribution >= 4 is 36.7 Å². The second-order valence-electron chi connectivity index (χ2n) is 3.67. The summed E-state index contributed by atoms with van der Waals surface area (Å²) in [4.78, 5) is 3.12. The van der Waals surface area contributed by atoms with Gasteiger partial charge in [-0.1, -0.05) is 28.9 Å². The fraction of sp³-hybridized carbons (Fsp3) is 0.273. The van der Waals surface area contributed by atoms with Crippen molar-refractivity contribution in [1.82, 2.24) is 4.98 Å². The number of aromatic nitrogens is 1. The average Bonchev–Trinajstić information content (AvgIpc) is 2.61. The first-order valence-electron chi connectivity index (χ1n) is 4.98. The molecule has 0 amide bonds. The lowest BCUT2D eigenvalue weighted by molar-refractivity contribution is 0.596.